The van der Waals surface area contributed by atoms with Gasteiger partial charge in [0.25, 0.3) is 0 Å². The highest BCUT2D eigenvalue weighted by Gasteiger charge is 2.20. The minimum atomic E-state index is 0.624. The predicted octanol–water partition coefficient (Wildman–Crippen LogP) is 2.82. The van der Waals surface area contributed by atoms with Gasteiger partial charge in [-0.15, -0.1) is 0 Å². The first-order valence-corrected chi connectivity index (χ1v) is 8.34. The Morgan fingerprint density at radius 3 is 1.95 bits per heavy atom. The summed E-state index contributed by atoms with van der Waals surface area (Å²) in [5, 5.41) is 3.62. The molecule has 2 atom stereocenters. The van der Waals surface area contributed by atoms with Crippen LogP contribution in [-0.2, 0) is 0 Å². The second kappa shape index (κ2) is 11.7. The number of likely N-dealkylation sites (N-methyl/N-ethyl adjacent to an activating group) is 2. The van der Waals surface area contributed by atoms with Crippen LogP contribution in [0, 0.1) is 0 Å². The van der Waals surface area contributed by atoms with Gasteiger partial charge in [0.05, 0.1) is 0 Å². The summed E-state index contributed by atoms with van der Waals surface area (Å²) in [5.74, 6) is 0. The van der Waals surface area contributed by atoms with E-state index in [1.165, 1.54) is 39.0 Å². The Hall–Kier alpha value is -0.120. The Morgan fingerprint density at radius 1 is 0.895 bits per heavy atom. The SMILES string of the molecule is CCNC(CC)C(C)N(CC)CCCN(CC)CC. The molecule has 2 unspecified atom stereocenters. The van der Waals surface area contributed by atoms with Crippen LogP contribution in [0.3, 0.4) is 0 Å². The number of rotatable bonds is 12. The minimum Gasteiger partial charge on any atom is -0.313 e. The first-order valence-electron chi connectivity index (χ1n) is 8.34. The van der Waals surface area contributed by atoms with E-state index in [0.29, 0.717) is 12.1 Å². The molecule has 1 N–H and O–H groups in total. The molecule has 0 fully saturated rings. The molecule has 19 heavy (non-hydrogen) atoms. The minimum absolute atomic E-state index is 0.624. The van der Waals surface area contributed by atoms with Crippen LogP contribution < -0.4 is 5.32 Å². The van der Waals surface area contributed by atoms with Gasteiger partial charge < -0.3 is 10.2 Å². The van der Waals surface area contributed by atoms with Crippen molar-refractivity contribution in [2.45, 2.75) is 66.5 Å². The highest BCUT2D eigenvalue weighted by Crippen LogP contribution is 2.08. The molecule has 0 spiro atoms. The van der Waals surface area contributed by atoms with Gasteiger partial charge in [-0.2, -0.15) is 0 Å². The fraction of sp³-hybridized carbons (Fsp3) is 1.00. The van der Waals surface area contributed by atoms with E-state index in [1.54, 1.807) is 0 Å². The molecule has 0 heterocycles. The third kappa shape index (κ3) is 7.28. The van der Waals surface area contributed by atoms with Crippen molar-refractivity contribution in [1.82, 2.24) is 15.1 Å². The molecule has 0 aliphatic heterocycles. The van der Waals surface area contributed by atoms with Crippen molar-refractivity contribution in [3.05, 3.63) is 0 Å². The molecule has 0 bridgehead atoms. The average Bonchev–Trinajstić information content (AvgIpc) is 2.44. The highest BCUT2D eigenvalue weighted by molar-refractivity contribution is 4.79. The Bertz CT molecular complexity index is 192. The zero-order valence-electron chi connectivity index (χ0n) is 14.2. The van der Waals surface area contributed by atoms with Crippen LogP contribution in [0.15, 0.2) is 0 Å². The van der Waals surface area contributed by atoms with Gasteiger partial charge in [0.2, 0.25) is 0 Å². The zero-order valence-corrected chi connectivity index (χ0v) is 14.2. The lowest BCUT2D eigenvalue weighted by molar-refractivity contribution is 0.163. The van der Waals surface area contributed by atoms with Crippen LogP contribution in [0.4, 0.5) is 0 Å². The second-order valence-electron chi connectivity index (χ2n) is 5.32. The van der Waals surface area contributed by atoms with E-state index in [1.807, 2.05) is 0 Å². The number of hydrogen-bond donors (Lipinski definition) is 1. The van der Waals surface area contributed by atoms with E-state index in [0.717, 1.165) is 13.1 Å². The van der Waals surface area contributed by atoms with Crippen LogP contribution >= 0.6 is 0 Å². The lowest BCUT2D eigenvalue weighted by Gasteiger charge is -2.34. The van der Waals surface area contributed by atoms with Crippen LogP contribution in [0.2, 0.25) is 0 Å². The summed E-state index contributed by atoms with van der Waals surface area (Å²) in [6, 6.07) is 1.25. The molecule has 0 aliphatic carbocycles. The van der Waals surface area contributed by atoms with Crippen LogP contribution in [0.25, 0.3) is 0 Å². The van der Waals surface area contributed by atoms with Crippen molar-refractivity contribution in [1.29, 1.82) is 0 Å². The third-order valence-electron chi connectivity index (χ3n) is 4.28. The van der Waals surface area contributed by atoms with E-state index in [2.05, 4.69) is 56.7 Å². The van der Waals surface area contributed by atoms with Gasteiger partial charge in [-0.1, -0.05) is 34.6 Å². The maximum Gasteiger partial charge on any atom is 0.0220 e. The molecule has 0 saturated heterocycles. The van der Waals surface area contributed by atoms with Crippen LogP contribution in [-0.4, -0.2) is 61.2 Å². The van der Waals surface area contributed by atoms with Gasteiger partial charge in [0.15, 0.2) is 0 Å². The van der Waals surface area contributed by atoms with Crippen molar-refractivity contribution in [2.75, 3.05) is 39.3 Å². The Kier molecular flexibility index (Phi) is 11.6. The van der Waals surface area contributed by atoms with Gasteiger partial charge in [-0.25, -0.2) is 0 Å². The summed E-state index contributed by atoms with van der Waals surface area (Å²) < 4.78 is 0. The molecule has 116 valence electrons. The lowest BCUT2D eigenvalue weighted by atomic mass is 10.1. The summed E-state index contributed by atoms with van der Waals surface area (Å²) in [6.45, 7) is 20.7. The third-order valence-corrected chi connectivity index (χ3v) is 4.28. The largest absolute Gasteiger partial charge is 0.313 e. The molecule has 0 rings (SSSR count). The standard InChI is InChI=1S/C16H37N3/c1-7-16(17-8-2)15(6)19(11-5)14-12-13-18(9-3)10-4/h15-17H,7-14H2,1-6H3. The molecule has 0 saturated carbocycles. The summed E-state index contributed by atoms with van der Waals surface area (Å²) in [6.07, 6.45) is 2.49. The zero-order chi connectivity index (χ0) is 14.7. The Morgan fingerprint density at radius 2 is 1.53 bits per heavy atom. The second-order valence-corrected chi connectivity index (χ2v) is 5.32. The quantitative estimate of drug-likeness (QED) is 0.589. The van der Waals surface area contributed by atoms with E-state index in [9.17, 15) is 0 Å². The maximum atomic E-state index is 3.62. The topological polar surface area (TPSA) is 18.5 Å². The van der Waals surface area contributed by atoms with Gasteiger partial charge in [-0.3, -0.25) is 4.90 Å². The number of nitrogens with zero attached hydrogens (tertiary/aromatic N) is 2. The molecule has 0 aromatic carbocycles. The van der Waals surface area contributed by atoms with Crippen LogP contribution in [0.1, 0.15) is 54.4 Å². The lowest BCUT2D eigenvalue weighted by Crippen LogP contribution is -2.48. The molecule has 0 aromatic heterocycles. The maximum absolute atomic E-state index is 3.62. The van der Waals surface area contributed by atoms with Crippen molar-refractivity contribution in [2.24, 2.45) is 0 Å². The molecule has 0 aromatic rings. The fourth-order valence-corrected chi connectivity index (χ4v) is 2.86. The van der Waals surface area contributed by atoms with Crippen molar-refractivity contribution in [3.63, 3.8) is 0 Å². The molecular weight excluding hydrogens is 234 g/mol. The van der Waals surface area contributed by atoms with Gasteiger partial charge in [0.1, 0.15) is 0 Å². The number of hydrogen-bond acceptors (Lipinski definition) is 3. The van der Waals surface area contributed by atoms with E-state index in [4.69, 9.17) is 0 Å². The Balaban J connectivity index is 4.17. The summed E-state index contributed by atoms with van der Waals surface area (Å²) >= 11 is 0. The Labute approximate surface area is 121 Å². The van der Waals surface area contributed by atoms with Gasteiger partial charge in [-0.05, 0) is 59.0 Å². The summed E-state index contributed by atoms with van der Waals surface area (Å²) in [5.41, 5.74) is 0. The van der Waals surface area contributed by atoms with E-state index < -0.39 is 0 Å². The van der Waals surface area contributed by atoms with E-state index in [-0.39, 0.29) is 0 Å². The van der Waals surface area contributed by atoms with Gasteiger partial charge >= 0.3 is 0 Å². The fourth-order valence-electron chi connectivity index (χ4n) is 2.86. The molecule has 0 aliphatic rings. The highest BCUT2D eigenvalue weighted by atomic mass is 15.2. The van der Waals surface area contributed by atoms with Gasteiger partial charge in [0, 0.05) is 12.1 Å². The molecular formula is C16H37N3. The predicted molar refractivity (Wildman–Crippen MR) is 86.9 cm³/mol. The normalized spacial score (nSPS) is 15.2. The van der Waals surface area contributed by atoms with Crippen molar-refractivity contribution in [3.8, 4) is 0 Å². The molecule has 3 nitrogen and oxygen atoms in total. The molecule has 0 radical (unpaired) electrons. The summed E-state index contributed by atoms with van der Waals surface area (Å²) in [4.78, 5) is 5.14. The first kappa shape index (κ1) is 18.9. The summed E-state index contributed by atoms with van der Waals surface area (Å²) in [7, 11) is 0. The smallest absolute Gasteiger partial charge is 0.0220 e. The first-order chi connectivity index (χ1) is 9.14. The van der Waals surface area contributed by atoms with Crippen molar-refractivity contribution >= 4 is 0 Å². The van der Waals surface area contributed by atoms with Crippen LogP contribution in [0.5, 0.6) is 0 Å². The average molecular weight is 271 g/mol. The monoisotopic (exact) mass is 271 g/mol. The number of nitrogens with one attached hydrogen (secondary N) is 1. The molecule has 3 heteroatoms. The van der Waals surface area contributed by atoms with E-state index >= 15 is 0 Å². The van der Waals surface area contributed by atoms with Crippen molar-refractivity contribution < 1.29 is 0 Å². The molecule has 0 amide bonds.